The predicted octanol–water partition coefficient (Wildman–Crippen LogP) is 4.67. The monoisotopic (exact) mass is 324 g/mol. The van der Waals surface area contributed by atoms with Crippen LogP contribution in [0.2, 0.25) is 4.34 Å². The lowest BCUT2D eigenvalue weighted by Crippen LogP contribution is -2.00. The fourth-order valence-corrected chi connectivity index (χ4v) is 3.62. The molecule has 0 bridgehead atoms. The van der Waals surface area contributed by atoms with Crippen molar-refractivity contribution in [1.82, 2.24) is 9.55 Å². The SMILES string of the molecule is COc1cccc2c1[nH]c(=S)n2CCc1ccc(Cl)s1. The van der Waals surface area contributed by atoms with E-state index in [-0.39, 0.29) is 0 Å². The summed E-state index contributed by atoms with van der Waals surface area (Å²) < 4.78 is 8.99. The lowest BCUT2D eigenvalue weighted by molar-refractivity contribution is 0.419. The number of ether oxygens (including phenoxy) is 1. The van der Waals surface area contributed by atoms with Gasteiger partial charge in [0.2, 0.25) is 0 Å². The minimum atomic E-state index is 0.715. The molecule has 0 aliphatic rings. The first-order valence-corrected chi connectivity index (χ1v) is 7.79. The van der Waals surface area contributed by atoms with Crippen molar-refractivity contribution in [3.63, 3.8) is 0 Å². The largest absolute Gasteiger partial charge is 0.494 e. The molecule has 0 fully saturated rings. The Hall–Kier alpha value is -1.30. The van der Waals surface area contributed by atoms with Crippen molar-refractivity contribution in [2.45, 2.75) is 13.0 Å². The minimum absolute atomic E-state index is 0.715. The summed E-state index contributed by atoms with van der Waals surface area (Å²) in [7, 11) is 1.66. The second kappa shape index (κ2) is 5.60. The first-order chi connectivity index (χ1) is 9.69. The number of hydrogen-bond acceptors (Lipinski definition) is 3. The van der Waals surface area contributed by atoms with Crippen LogP contribution in [-0.2, 0) is 13.0 Å². The summed E-state index contributed by atoms with van der Waals surface area (Å²) in [6, 6.07) is 9.94. The smallest absolute Gasteiger partial charge is 0.178 e. The Morgan fingerprint density at radius 2 is 2.20 bits per heavy atom. The van der Waals surface area contributed by atoms with Gasteiger partial charge in [-0.25, -0.2) is 0 Å². The molecule has 20 heavy (non-hydrogen) atoms. The van der Waals surface area contributed by atoms with E-state index >= 15 is 0 Å². The molecular weight excluding hydrogens is 312 g/mol. The highest BCUT2D eigenvalue weighted by atomic mass is 35.5. The summed E-state index contributed by atoms with van der Waals surface area (Å²) in [5, 5.41) is 0. The van der Waals surface area contributed by atoms with Crippen LogP contribution in [0.1, 0.15) is 4.88 Å². The Labute approximate surface area is 130 Å². The molecule has 0 radical (unpaired) electrons. The number of rotatable bonds is 4. The highest BCUT2D eigenvalue weighted by Gasteiger charge is 2.09. The summed E-state index contributed by atoms with van der Waals surface area (Å²) in [6.45, 7) is 0.822. The average molecular weight is 325 g/mol. The van der Waals surface area contributed by atoms with Crippen LogP contribution in [-0.4, -0.2) is 16.7 Å². The Bertz CT molecular complexity index is 803. The lowest BCUT2D eigenvalue weighted by Gasteiger charge is -2.04. The maximum absolute atomic E-state index is 5.96. The zero-order valence-electron chi connectivity index (χ0n) is 10.9. The molecule has 0 saturated heterocycles. The molecular formula is C14H13ClN2OS2. The average Bonchev–Trinajstić information content (AvgIpc) is 2.99. The quantitative estimate of drug-likeness (QED) is 0.707. The molecule has 3 aromatic rings. The van der Waals surface area contributed by atoms with Gasteiger partial charge in [-0.2, -0.15) is 0 Å². The Kier molecular flexibility index (Phi) is 3.83. The number of aromatic nitrogens is 2. The number of H-pyrrole nitrogens is 1. The van der Waals surface area contributed by atoms with Gasteiger partial charge >= 0.3 is 0 Å². The van der Waals surface area contributed by atoms with Gasteiger partial charge in [-0.15, -0.1) is 11.3 Å². The third kappa shape index (κ3) is 2.49. The highest BCUT2D eigenvalue weighted by molar-refractivity contribution is 7.71. The summed E-state index contributed by atoms with van der Waals surface area (Å²) in [5.41, 5.74) is 2.02. The van der Waals surface area contributed by atoms with E-state index in [2.05, 4.69) is 15.6 Å². The number of halogens is 1. The van der Waals surface area contributed by atoms with Crippen LogP contribution in [0.15, 0.2) is 30.3 Å². The molecule has 104 valence electrons. The normalized spacial score (nSPS) is 11.1. The van der Waals surface area contributed by atoms with E-state index in [4.69, 9.17) is 28.6 Å². The Morgan fingerprint density at radius 1 is 1.35 bits per heavy atom. The number of para-hydroxylation sites is 1. The van der Waals surface area contributed by atoms with Crippen molar-refractivity contribution in [1.29, 1.82) is 0 Å². The van der Waals surface area contributed by atoms with Crippen LogP contribution in [0, 0.1) is 4.77 Å². The van der Waals surface area contributed by atoms with E-state index in [1.807, 2.05) is 24.3 Å². The molecule has 6 heteroatoms. The number of aromatic amines is 1. The van der Waals surface area contributed by atoms with Gasteiger partial charge in [-0.05, 0) is 42.9 Å². The zero-order valence-corrected chi connectivity index (χ0v) is 13.2. The van der Waals surface area contributed by atoms with Gasteiger partial charge in [-0.3, -0.25) is 0 Å². The minimum Gasteiger partial charge on any atom is -0.494 e. The van der Waals surface area contributed by atoms with Crippen LogP contribution in [0.4, 0.5) is 0 Å². The molecule has 0 saturated carbocycles. The van der Waals surface area contributed by atoms with E-state index in [0.717, 1.165) is 34.1 Å². The van der Waals surface area contributed by atoms with E-state index < -0.39 is 0 Å². The number of fused-ring (bicyclic) bond motifs is 1. The Balaban J connectivity index is 1.95. The van der Waals surface area contributed by atoms with Gasteiger partial charge in [0.15, 0.2) is 4.77 Å². The van der Waals surface area contributed by atoms with Crippen molar-refractivity contribution in [2.75, 3.05) is 7.11 Å². The van der Waals surface area contributed by atoms with E-state index in [0.29, 0.717) is 4.77 Å². The molecule has 2 aromatic heterocycles. The van der Waals surface area contributed by atoms with Gasteiger partial charge < -0.3 is 14.3 Å². The van der Waals surface area contributed by atoms with Gasteiger partial charge in [0.25, 0.3) is 0 Å². The predicted molar refractivity (Wildman–Crippen MR) is 86.7 cm³/mol. The molecule has 0 aliphatic heterocycles. The maximum Gasteiger partial charge on any atom is 0.178 e. The number of benzene rings is 1. The van der Waals surface area contributed by atoms with Gasteiger partial charge in [0.05, 0.1) is 17.0 Å². The Morgan fingerprint density at radius 3 is 2.90 bits per heavy atom. The summed E-state index contributed by atoms with van der Waals surface area (Å²) >= 11 is 13.0. The van der Waals surface area contributed by atoms with Crippen LogP contribution in [0.5, 0.6) is 5.75 Å². The number of nitrogens with one attached hydrogen (secondary N) is 1. The fourth-order valence-electron chi connectivity index (χ4n) is 2.25. The molecule has 3 nitrogen and oxygen atoms in total. The topological polar surface area (TPSA) is 29.9 Å². The first kappa shape index (κ1) is 13.7. The molecule has 0 spiro atoms. The standard InChI is InChI=1S/C14H13ClN2OS2/c1-18-11-4-2-3-10-13(11)16-14(19)17(10)8-7-9-5-6-12(15)20-9/h2-6H,7-8H2,1H3,(H,16,19). The summed E-state index contributed by atoms with van der Waals surface area (Å²) in [4.78, 5) is 4.48. The summed E-state index contributed by atoms with van der Waals surface area (Å²) in [6.07, 6.45) is 0.913. The third-order valence-electron chi connectivity index (χ3n) is 3.20. The highest BCUT2D eigenvalue weighted by Crippen LogP contribution is 2.26. The second-order valence-electron chi connectivity index (χ2n) is 4.39. The van der Waals surface area contributed by atoms with Crippen LogP contribution in [0.3, 0.4) is 0 Å². The number of hydrogen-bond donors (Lipinski definition) is 1. The van der Waals surface area contributed by atoms with Crippen molar-refractivity contribution >= 4 is 46.2 Å². The van der Waals surface area contributed by atoms with E-state index in [1.165, 1.54) is 4.88 Å². The molecule has 0 atom stereocenters. The fraction of sp³-hybridized carbons (Fsp3) is 0.214. The van der Waals surface area contributed by atoms with Crippen LogP contribution in [0.25, 0.3) is 11.0 Å². The molecule has 1 aromatic carbocycles. The van der Waals surface area contributed by atoms with Crippen molar-refractivity contribution in [3.05, 3.63) is 44.3 Å². The molecule has 0 unspecified atom stereocenters. The number of imidazole rings is 1. The maximum atomic E-state index is 5.96. The van der Waals surface area contributed by atoms with Crippen molar-refractivity contribution in [3.8, 4) is 5.75 Å². The van der Waals surface area contributed by atoms with Gasteiger partial charge in [0.1, 0.15) is 11.3 Å². The number of methoxy groups -OCH3 is 1. The zero-order chi connectivity index (χ0) is 14.1. The molecule has 1 N–H and O–H groups in total. The lowest BCUT2D eigenvalue weighted by atomic mass is 10.3. The number of aryl methyl sites for hydroxylation is 2. The summed E-state index contributed by atoms with van der Waals surface area (Å²) in [5.74, 6) is 0.812. The van der Waals surface area contributed by atoms with Crippen molar-refractivity contribution in [2.24, 2.45) is 0 Å². The molecule has 0 aliphatic carbocycles. The van der Waals surface area contributed by atoms with Gasteiger partial charge in [0, 0.05) is 11.4 Å². The molecule has 0 amide bonds. The molecule has 3 rings (SSSR count). The first-order valence-electron chi connectivity index (χ1n) is 6.19. The van der Waals surface area contributed by atoms with Gasteiger partial charge in [-0.1, -0.05) is 17.7 Å². The number of thiophene rings is 1. The van der Waals surface area contributed by atoms with E-state index in [9.17, 15) is 0 Å². The molecule has 2 heterocycles. The van der Waals surface area contributed by atoms with Crippen LogP contribution >= 0.6 is 35.2 Å². The number of nitrogens with zero attached hydrogens (tertiary/aromatic N) is 1. The van der Waals surface area contributed by atoms with E-state index in [1.54, 1.807) is 18.4 Å². The third-order valence-corrected chi connectivity index (χ3v) is 4.82. The second-order valence-corrected chi connectivity index (χ2v) is 6.58. The van der Waals surface area contributed by atoms with Crippen molar-refractivity contribution < 1.29 is 4.74 Å². The van der Waals surface area contributed by atoms with Crippen LogP contribution < -0.4 is 4.74 Å².